The molecule has 0 atom stereocenters. The highest BCUT2D eigenvalue weighted by Gasteiger charge is 2.31. The fourth-order valence-electron chi connectivity index (χ4n) is 1.70. The van der Waals surface area contributed by atoms with Crippen LogP contribution in [0.2, 0.25) is 0 Å². The number of benzene rings is 1. The Morgan fingerprint density at radius 2 is 1.86 bits per heavy atom. The molecule has 0 radical (unpaired) electrons. The summed E-state index contributed by atoms with van der Waals surface area (Å²) in [5, 5.41) is 2.86. The first-order valence-corrected chi connectivity index (χ1v) is 6.72. The van der Waals surface area contributed by atoms with Crippen molar-refractivity contribution in [1.82, 2.24) is 9.97 Å². The van der Waals surface area contributed by atoms with Gasteiger partial charge in [0, 0.05) is 10.0 Å². The Balaban J connectivity index is 2.45. The number of hydrogen-bond donors (Lipinski definition) is 2. The molecule has 112 valence electrons. The summed E-state index contributed by atoms with van der Waals surface area (Å²) in [5.74, 6) is 1.09. The highest BCUT2D eigenvalue weighted by atomic mass is 79.9. The molecule has 4 nitrogen and oxygen atoms in total. The Morgan fingerprint density at radius 1 is 1.19 bits per heavy atom. The molecule has 0 fully saturated rings. The van der Waals surface area contributed by atoms with E-state index in [1.165, 1.54) is 6.07 Å². The highest BCUT2D eigenvalue weighted by molar-refractivity contribution is 9.10. The lowest BCUT2D eigenvalue weighted by Crippen LogP contribution is -2.08. The van der Waals surface area contributed by atoms with E-state index in [4.69, 9.17) is 5.73 Å². The fraction of sp³-hybridized carbons (Fsp3) is 0.231. The molecular weight excluding hydrogens is 349 g/mol. The van der Waals surface area contributed by atoms with Crippen LogP contribution in [0.25, 0.3) is 0 Å². The first-order valence-electron chi connectivity index (χ1n) is 5.93. The van der Waals surface area contributed by atoms with Crippen molar-refractivity contribution < 1.29 is 13.2 Å². The topological polar surface area (TPSA) is 63.8 Å². The van der Waals surface area contributed by atoms with Gasteiger partial charge in [-0.05, 0) is 48.0 Å². The minimum atomic E-state index is -4.41. The predicted octanol–water partition coefficient (Wildman–Crippen LogP) is 4.20. The van der Waals surface area contributed by atoms with Crippen molar-refractivity contribution in [3.63, 3.8) is 0 Å². The first-order chi connectivity index (χ1) is 9.68. The van der Waals surface area contributed by atoms with E-state index in [0.29, 0.717) is 21.7 Å². The van der Waals surface area contributed by atoms with E-state index in [1.807, 2.05) is 0 Å². The molecule has 0 aliphatic rings. The highest BCUT2D eigenvalue weighted by Crippen LogP contribution is 2.35. The van der Waals surface area contributed by atoms with Gasteiger partial charge in [0.15, 0.2) is 0 Å². The van der Waals surface area contributed by atoms with Gasteiger partial charge < -0.3 is 11.1 Å². The molecule has 0 saturated carbocycles. The van der Waals surface area contributed by atoms with E-state index in [1.54, 1.807) is 13.8 Å². The zero-order valence-electron chi connectivity index (χ0n) is 11.2. The summed E-state index contributed by atoms with van der Waals surface area (Å²) in [6.07, 6.45) is -4.41. The fourth-order valence-corrected chi connectivity index (χ4v) is 2.04. The molecule has 8 heteroatoms. The molecule has 0 unspecified atom stereocenters. The third-order valence-electron chi connectivity index (χ3n) is 2.84. The Hall–Kier alpha value is -1.83. The molecule has 2 aromatic rings. The van der Waals surface area contributed by atoms with Crippen LogP contribution in [-0.4, -0.2) is 9.97 Å². The summed E-state index contributed by atoms with van der Waals surface area (Å²) in [4.78, 5) is 8.15. The molecule has 1 aromatic carbocycles. The van der Waals surface area contributed by atoms with E-state index in [-0.39, 0.29) is 11.5 Å². The summed E-state index contributed by atoms with van der Waals surface area (Å²) in [5.41, 5.74) is 5.81. The standard InChI is InChI=1S/C13H12BrF3N4/c1-6-11(18)19-7(2)20-12(6)21-10-5-8(13(15,16)17)3-4-9(10)14/h3-5H,1-2H3,(H3,18,19,20,21). The van der Waals surface area contributed by atoms with Gasteiger partial charge in [0.2, 0.25) is 0 Å². The minimum absolute atomic E-state index is 0.255. The van der Waals surface area contributed by atoms with Gasteiger partial charge in [-0.15, -0.1) is 0 Å². The van der Waals surface area contributed by atoms with Gasteiger partial charge in [0.05, 0.1) is 11.3 Å². The van der Waals surface area contributed by atoms with Crippen molar-refractivity contribution in [3.8, 4) is 0 Å². The summed E-state index contributed by atoms with van der Waals surface area (Å²) < 4.78 is 38.8. The minimum Gasteiger partial charge on any atom is -0.383 e. The van der Waals surface area contributed by atoms with Crippen LogP contribution in [0.1, 0.15) is 17.0 Å². The molecule has 21 heavy (non-hydrogen) atoms. The second kappa shape index (κ2) is 5.51. The zero-order valence-corrected chi connectivity index (χ0v) is 12.8. The van der Waals surface area contributed by atoms with Gasteiger partial charge in [0.25, 0.3) is 0 Å². The van der Waals surface area contributed by atoms with Crippen molar-refractivity contribution in [2.45, 2.75) is 20.0 Å². The molecule has 0 aliphatic heterocycles. The van der Waals surface area contributed by atoms with E-state index in [2.05, 4.69) is 31.2 Å². The lowest BCUT2D eigenvalue weighted by Gasteiger charge is -2.14. The summed E-state index contributed by atoms with van der Waals surface area (Å²) >= 11 is 3.21. The largest absolute Gasteiger partial charge is 0.416 e. The average molecular weight is 361 g/mol. The summed E-state index contributed by atoms with van der Waals surface area (Å²) in [7, 11) is 0. The van der Waals surface area contributed by atoms with Gasteiger partial charge in [-0.3, -0.25) is 0 Å². The predicted molar refractivity (Wildman–Crippen MR) is 78.3 cm³/mol. The monoisotopic (exact) mass is 360 g/mol. The maximum Gasteiger partial charge on any atom is 0.416 e. The molecule has 0 saturated heterocycles. The van der Waals surface area contributed by atoms with Crippen molar-refractivity contribution in [1.29, 1.82) is 0 Å². The lowest BCUT2D eigenvalue weighted by atomic mass is 10.2. The number of halogens is 4. The smallest absolute Gasteiger partial charge is 0.383 e. The first kappa shape index (κ1) is 15.6. The number of nitrogens with zero attached hydrogens (tertiary/aromatic N) is 2. The van der Waals surface area contributed by atoms with Crippen molar-refractivity contribution >= 4 is 33.3 Å². The van der Waals surface area contributed by atoms with Crippen LogP contribution < -0.4 is 11.1 Å². The number of aryl methyl sites for hydroxylation is 1. The Morgan fingerprint density at radius 3 is 2.48 bits per heavy atom. The van der Waals surface area contributed by atoms with E-state index >= 15 is 0 Å². The number of anilines is 3. The van der Waals surface area contributed by atoms with E-state index in [0.717, 1.165) is 12.1 Å². The normalized spacial score (nSPS) is 11.5. The van der Waals surface area contributed by atoms with Gasteiger partial charge in [-0.25, -0.2) is 9.97 Å². The van der Waals surface area contributed by atoms with Crippen LogP contribution in [-0.2, 0) is 6.18 Å². The summed E-state index contributed by atoms with van der Waals surface area (Å²) in [6, 6.07) is 3.34. The van der Waals surface area contributed by atoms with Crippen LogP contribution in [0.15, 0.2) is 22.7 Å². The number of hydrogen-bond acceptors (Lipinski definition) is 4. The van der Waals surface area contributed by atoms with Gasteiger partial charge >= 0.3 is 6.18 Å². The maximum atomic E-state index is 12.8. The molecular formula is C13H12BrF3N4. The summed E-state index contributed by atoms with van der Waals surface area (Å²) in [6.45, 7) is 3.35. The average Bonchev–Trinajstić information content (AvgIpc) is 2.36. The Bertz CT molecular complexity index is 686. The number of rotatable bonds is 2. The van der Waals surface area contributed by atoms with Crippen molar-refractivity contribution in [2.75, 3.05) is 11.1 Å². The number of aromatic nitrogens is 2. The molecule has 0 spiro atoms. The van der Waals surface area contributed by atoms with Gasteiger partial charge in [-0.1, -0.05) is 0 Å². The van der Waals surface area contributed by atoms with Crippen LogP contribution in [0.3, 0.4) is 0 Å². The van der Waals surface area contributed by atoms with Gasteiger partial charge in [-0.2, -0.15) is 13.2 Å². The van der Waals surface area contributed by atoms with E-state index < -0.39 is 11.7 Å². The van der Waals surface area contributed by atoms with E-state index in [9.17, 15) is 13.2 Å². The molecule has 0 amide bonds. The molecule has 3 N–H and O–H groups in total. The molecule has 0 aliphatic carbocycles. The number of nitrogens with one attached hydrogen (secondary N) is 1. The molecule has 1 heterocycles. The Kier molecular flexibility index (Phi) is 4.08. The van der Waals surface area contributed by atoms with Crippen LogP contribution in [0, 0.1) is 13.8 Å². The number of nitrogen functional groups attached to an aromatic ring is 1. The van der Waals surface area contributed by atoms with Crippen molar-refractivity contribution in [2.24, 2.45) is 0 Å². The van der Waals surface area contributed by atoms with Crippen LogP contribution in [0.5, 0.6) is 0 Å². The zero-order chi connectivity index (χ0) is 15.8. The maximum absolute atomic E-state index is 12.8. The third-order valence-corrected chi connectivity index (χ3v) is 3.53. The lowest BCUT2D eigenvalue weighted by molar-refractivity contribution is -0.137. The van der Waals surface area contributed by atoms with Crippen molar-refractivity contribution in [3.05, 3.63) is 39.6 Å². The molecule has 1 aromatic heterocycles. The Labute approximate surface area is 127 Å². The second-order valence-corrected chi connectivity index (χ2v) is 5.30. The van der Waals surface area contributed by atoms with Gasteiger partial charge in [0.1, 0.15) is 17.5 Å². The number of alkyl halides is 3. The molecule has 2 rings (SSSR count). The number of nitrogens with two attached hydrogens (primary N) is 1. The van der Waals surface area contributed by atoms with Crippen LogP contribution >= 0.6 is 15.9 Å². The quantitative estimate of drug-likeness (QED) is 0.842. The molecule has 0 bridgehead atoms. The SMILES string of the molecule is Cc1nc(N)c(C)c(Nc2cc(C(F)(F)F)ccc2Br)n1. The third kappa shape index (κ3) is 3.44. The second-order valence-electron chi connectivity index (χ2n) is 4.45. The van der Waals surface area contributed by atoms with Crippen LogP contribution in [0.4, 0.5) is 30.5 Å².